The van der Waals surface area contributed by atoms with Gasteiger partial charge in [0, 0.05) is 29.0 Å². The van der Waals surface area contributed by atoms with Crippen molar-refractivity contribution in [3.8, 4) is 11.5 Å². The summed E-state index contributed by atoms with van der Waals surface area (Å²) in [5.74, 6) is -0.736. The number of nitrogens with two attached hydrogens (primary N) is 1. The molecule has 22 heavy (non-hydrogen) atoms. The van der Waals surface area contributed by atoms with Crippen molar-refractivity contribution in [1.82, 2.24) is 0 Å². The lowest BCUT2D eigenvalue weighted by molar-refractivity contribution is -0.129. The summed E-state index contributed by atoms with van der Waals surface area (Å²) < 4.78 is 10.4. The lowest BCUT2D eigenvalue weighted by atomic mass is 10.0. The minimum absolute atomic E-state index is 0.179. The summed E-state index contributed by atoms with van der Waals surface area (Å²) in [6, 6.07) is 6.84. The highest BCUT2D eigenvalue weighted by molar-refractivity contribution is 6.01. The van der Waals surface area contributed by atoms with Crippen LogP contribution in [0.4, 0.5) is 5.69 Å². The zero-order valence-corrected chi connectivity index (χ0v) is 12.1. The van der Waals surface area contributed by atoms with Gasteiger partial charge >= 0.3 is 11.9 Å². The monoisotopic (exact) mass is 297 g/mol. The van der Waals surface area contributed by atoms with E-state index in [1.807, 2.05) is 19.1 Å². The third-order valence-corrected chi connectivity index (χ3v) is 2.98. The molecule has 2 rings (SSSR count). The second-order valence-corrected chi connectivity index (χ2v) is 4.59. The highest BCUT2D eigenvalue weighted by Gasteiger charge is 2.16. The summed E-state index contributed by atoms with van der Waals surface area (Å²) >= 11 is 0. The summed E-state index contributed by atoms with van der Waals surface area (Å²) in [5, 5.41) is 1.17. The van der Waals surface area contributed by atoms with Crippen LogP contribution in [0.3, 0.4) is 0 Å². The van der Waals surface area contributed by atoms with E-state index >= 15 is 0 Å². The first-order chi connectivity index (χ1) is 10.5. The molecule has 112 valence electrons. The average Bonchev–Trinajstić information content (AvgIpc) is 2.50. The number of nitrogen functional groups attached to an aromatic ring is 1. The molecule has 0 aliphatic heterocycles. The summed E-state index contributed by atoms with van der Waals surface area (Å²) in [6.45, 7) is 8.60. The molecule has 0 radical (unpaired) electrons. The lowest BCUT2D eigenvalue weighted by Crippen LogP contribution is -2.08. The van der Waals surface area contributed by atoms with Gasteiger partial charge in [0.15, 0.2) is 5.75 Å². The minimum Gasteiger partial charge on any atom is -0.423 e. The van der Waals surface area contributed by atoms with Crippen LogP contribution in [0.25, 0.3) is 10.8 Å². The van der Waals surface area contributed by atoms with E-state index in [1.54, 1.807) is 6.07 Å². The molecule has 2 aromatic carbocycles. The van der Waals surface area contributed by atoms with E-state index in [9.17, 15) is 9.59 Å². The van der Waals surface area contributed by atoms with Crippen molar-refractivity contribution in [3.63, 3.8) is 0 Å². The lowest BCUT2D eigenvalue weighted by Gasteiger charge is -2.13. The van der Waals surface area contributed by atoms with Crippen molar-refractivity contribution in [2.24, 2.45) is 0 Å². The van der Waals surface area contributed by atoms with E-state index in [0.29, 0.717) is 10.8 Å². The summed E-state index contributed by atoms with van der Waals surface area (Å²) in [5.41, 5.74) is 7.05. The predicted octanol–water partition coefficient (Wildman–Crippen LogP) is 2.91. The molecule has 0 aromatic heterocycles. The molecule has 0 unspecified atom stereocenters. The normalized spacial score (nSPS) is 10.0. The number of carbonyl (C=O) groups is 2. The van der Waals surface area contributed by atoms with Gasteiger partial charge in [0.2, 0.25) is 0 Å². The molecule has 0 saturated heterocycles. The van der Waals surface area contributed by atoms with Crippen LogP contribution in [0, 0.1) is 6.92 Å². The topological polar surface area (TPSA) is 78.6 Å². The van der Waals surface area contributed by atoms with Crippen LogP contribution >= 0.6 is 0 Å². The molecule has 0 bridgehead atoms. The molecule has 0 spiro atoms. The van der Waals surface area contributed by atoms with Crippen molar-refractivity contribution < 1.29 is 19.1 Å². The predicted molar refractivity (Wildman–Crippen MR) is 84.8 cm³/mol. The maximum absolute atomic E-state index is 11.5. The summed E-state index contributed by atoms with van der Waals surface area (Å²) in [6.07, 6.45) is 2.11. The number of hydrogen-bond acceptors (Lipinski definition) is 5. The fourth-order valence-corrected chi connectivity index (χ4v) is 1.99. The third-order valence-electron chi connectivity index (χ3n) is 2.98. The molecule has 0 aliphatic rings. The van der Waals surface area contributed by atoms with E-state index in [4.69, 9.17) is 15.2 Å². The highest BCUT2D eigenvalue weighted by atomic mass is 16.5. The zero-order valence-electron chi connectivity index (χ0n) is 12.1. The number of ether oxygens (including phenoxy) is 2. The van der Waals surface area contributed by atoms with Gasteiger partial charge in [-0.2, -0.15) is 0 Å². The van der Waals surface area contributed by atoms with Crippen LogP contribution in [0.2, 0.25) is 0 Å². The Morgan fingerprint density at radius 1 is 1.05 bits per heavy atom. The van der Waals surface area contributed by atoms with Crippen molar-refractivity contribution in [2.75, 3.05) is 5.73 Å². The molecule has 0 fully saturated rings. The summed E-state index contributed by atoms with van der Waals surface area (Å²) in [7, 11) is 0. The second kappa shape index (κ2) is 6.13. The number of rotatable bonds is 4. The molecule has 2 N–H and O–H groups in total. The first-order valence-electron chi connectivity index (χ1n) is 6.47. The Kier molecular flexibility index (Phi) is 4.27. The molecule has 5 nitrogen and oxygen atoms in total. The Morgan fingerprint density at radius 2 is 1.68 bits per heavy atom. The van der Waals surface area contributed by atoms with Crippen LogP contribution in [0.15, 0.2) is 49.6 Å². The number of fused-ring (bicyclic) bond motifs is 1. The largest absolute Gasteiger partial charge is 0.423 e. The highest BCUT2D eigenvalue weighted by Crippen LogP contribution is 2.39. The molecular weight excluding hydrogens is 282 g/mol. The Hall–Kier alpha value is -3.08. The Bertz CT molecular complexity index is 793. The van der Waals surface area contributed by atoms with Crippen LogP contribution in [-0.2, 0) is 9.59 Å². The van der Waals surface area contributed by atoms with Gasteiger partial charge in [-0.3, -0.25) is 0 Å². The maximum atomic E-state index is 11.5. The first kappa shape index (κ1) is 15.3. The SMILES string of the molecule is C=CC(=O)Oc1cc(N)c(OC(=O)C=C)c2ccc(C)cc12. The molecule has 2 aromatic rings. The maximum Gasteiger partial charge on any atom is 0.335 e. The molecule has 0 aliphatic carbocycles. The van der Waals surface area contributed by atoms with Crippen LogP contribution in [0.1, 0.15) is 5.56 Å². The van der Waals surface area contributed by atoms with Gasteiger partial charge in [-0.05, 0) is 13.0 Å². The van der Waals surface area contributed by atoms with Gasteiger partial charge in [0.25, 0.3) is 0 Å². The van der Waals surface area contributed by atoms with Gasteiger partial charge in [-0.15, -0.1) is 0 Å². The Balaban J connectivity index is 2.68. The third kappa shape index (κ3) is 2.98. The molecule has 5 heteroatoms. The van der Waals surface area contributed by atoms with Crippen LogP contribution in [0.5, 0.6) is 11.5 Å². The number of anilines is 1. The smallest absolute Gasteiger partial charge is 0.335 e. The van der Waals surface area contributed by atoms with Crippen molar-refractivity contribution in [2.45, 2.75) is 6.92 Å². The number of esters is 2. The van der Waals surface area contributed by atoms with E-state index in [0.717, 1.165) is 17.7 Å². The van der Waals surface area contributed by atoms with E-state index in [2.05, 4.69) is 13.2 Å². The van der Waals surface area contributed by atoms with Gasteiger partial charge in [-0.25, -0.2) is 9.59 Å². The molecule has 0 heterocycles. The van der Waals surface area contributed by atoms with Crippen molar-refractivity contribution in [1.29, 1.82) is 0 Å². The van der Waals surface area contributed by atoms with E-state index in [-0.39, 0.29) is 17.2 Å². The fraction of sp³-hybridized carbons (Fsp3) is 0.0588. The molecule has 0 amide bonds. The van der Waals surface area contributed by atoms with Crippen LogP contribution < -0.4 is 15.2 Å². The van der Waals surface area contributed by atoms with E-state index in [1.165, 1.54) is 6.07 Å². The molecular formula is C17H15NO4. The standard InChI is InChI=1S/C17H15NO4/c1-4-15(19)21-14-9-13(18)17(22-16(20)5-2)11-7-6-10(3)8-12(11)14/h4-9H,1-2,18H2,3H3. The minimum atomic E-state index is -0.621. The number of aryl methyl sites for hydroxylation is 1. The number of benzene rings is 2. The Morgan fingerprint density at radius 3 is 2.32 bits per heavy atom. The van der Waals surface area contributed by atoms with Gasteiger partial charge < -0.3 is 15.2 Å². The van der Waals surface area contributed by atoms with Gasteiger partial charge in [0.05, 0.1) is 5.69 Å². The van der Waals surface area contributed by atoms with Gasteiger partial charge in [0.1, 0.15) is 5.75 Å². The average molecular weight is 297 g/mol. The molecule has 0 saturated carbocycles. The number of carbonyl (C=O) groups excluding carboxylic acids is 2. The number of hydrogen-bond donors (Lipinski definition) is 1. The van der Waals surface area contributed by atoms with Crippen molar-refractivity contribution >= 4 is 28.4 Å². The zero-order chi connectivity index (χ0) is 16.3. The van der Waals surface area contributed by atoms with Crippen LogP contribution in [-0.4, -0.2) is 11.9 Å². The second-order valence-electron chi connectivity index (χ2n) is 4.59. The van der Waals surface area contributed by atoms with Crippen molar-refractivity contribution in [3.05, 3.63) is 55.1 Å². The fourth-order valence-electron chi connectivity index (χ4n) is 1.99. The summed E-state index contributed by atoms with van der Waals surface area (Å²) in [4.78, 5) is 22.9. The first-order valence-corrected chi connectivity index (χ1v) is 6.47. The molecule has 0 atom stereocenters. The van der Waals surface area contributed by atoms with Gasteiger partial charge in [-0.1, -0.05) is 30.9 Å². The quantitative estimate of drug-likeness (QED) is 0.406. The Labute approximate surface area is 127 Å². The van der Waals surface area contributed by atoms with E-state index < -0.39 is 11.9 Å².